The number of likely N-dealkylation sites (N-methyl/N-ethyl adjacent to an activating group) is 1. The van der Waals surface area contributed by atoms with E-state index >= 15 is 0 Å². The van der Waals surface area contributed by atoms with E-state index in [0.29, 0.717) is 13.0 Å². The number of fused-ring (bicyclic) bond motifs is 1. The van der Waals surface area contributed by atoms with E-state index in [2.05, 4.69) is 16.9 Å². The fourth-order valence-corrected chi connectivity index (χ4v) is 4.15. The highest BCUT2D eigenvalue weighted by Gasteiger charge is 2.27. The first-order chi connectivity index (χ1) is 13.6. The standard InChI is InChI=1S/C22H28N4O2/c1-25-10-8-20-18(14-25)13-23-22(24-20)17-6-4-9-26(15-17)21(27)12-16-5-3-7-19(11-16)28-2/h3,5,7,11,13,17H,4,6,8-10,12,14-15H2,1-2H3/t17-/m1/s1. The summed E-state index contributed by atoms with van der Waals surface area (Å²) >= 11 is 0. The number of aromatic nitrogens is 2. The number of methoxy groups -OCH3 is 1. The first-order valence-corrected chi connectivity index (χ1v) is 10.1. The minimum Gasteiger partial charge on any atom is -0.497 e. The Kier molecular flexibility index (Phi) is 5.57. The van der Waals surface area contributed by atoms with Crippen molar-refractivity contribution in [2.75, 3.05) is 33.8 Å². The molecule has 1 amide bonds. The highest BCUT2D eigenvalue weighted by atomic mass is 16.5. The van der Waals surface area contributed by atoms with Gasteiger partial charge in [0, 0.05) is 56.0 Å². The van der Waals surface area contributed by atoms with Crippen molar-refractivity contribution in [2.24, 2.45) is 0 Å². The van der Waals surface area contributed by atoms with Crippen molar-refractivity contribution in [3.05, 3.63) is 53.1 Å². The molecule has 1 atom stereocenters. The van der Waals surface area contributed by atoms with Gasteiger partial charge >= 0.3 is 0 Å². The molecule has 1 fully saturated rings. The Labute approximate surface area is 166 Å². The summed E-state index contributed by atoms with van der Waals surface area (Å²) in [6.07, 6.45) is 5.41. The van der Waals surface area contributed by atoms with Crippen LogP contribution in [-0.4, -0.2) is 59.5 Å². The Hall–Kier alpha value is -2.47. The highest BCUT2D eigenvalue weighted by Crippen LogP contribution is 2.27. The first-order valence-electron chi connectivity index (χ1n) is 10.1. The molecule has 0 N–H and O–H groups in total. The zero-order chi connectivity index (χ0) is 19.5. The van der Waals surface area contributed by atoms with Gasteiger partial charge in [0.1, 0.15) is 11.6 Å². The number of likely N-dealkylation sites (tertiary alicyclic amines) is 1. The number of carbonyl (C=O) groups excluding carboxylic acids is 1. The quantitative estimate of drug-likeness (QED) is 0.815. The van der Waals surface area contributed by atoms with E-state index in [9.17, 15) is 4.79 Å². The van der Waals surface area contributed by atoms with Gasteiger partial charge in [-0.2, -0.15) is 0 Å². The van der Waals surface area contributed by atoms with Gasteiger partial charge in [0.05, 0.1) is 13.5 Å². The Bertz CT molecular complexity index is 854. The van der Waals surface area contributed by atoms with Crippen LogP contribution >= 0.6 is 0 Å². The van der Waals surface area contributed by atoms with Crippen LogP contribution in [0.15, 0.2) is 30.5 Å². The fourth-order valence-electron chi connectivity index (χ4n) is 4.15. The molecule has 0 radical (unpaired) electrons. The molecule has 0 bridgehead atoms. The van der Waals surface area contributed by atoms with Crippen molar-refractivity contribution in [1.82, 2.24) is 19.8 Å². The summed E-state index contributed by atoms with van der Waals surface area (Å²) in [4.78, 5) is 26.7. The van der Waals surface area contributed by atoms with E-state index in [1.807, 2.05) is 35.4 Å². The molecule has 0 spiro atoms. The molecule has 0 saturated carbocycles. The number of rotatable bonds is 4. The second-order valence-electron chi connectivity index (χ2n) is 7.90. The van der Waals surface area contributed by atoms with Gasteiger partial charge in [0.25, 0.3) is 0 Å². The predicted molar refractivity (Wildman–Crippen MR) is 107 cm³/mol. The summed E-state index contributed by atoms with van der Waals surface area (Å²) in [7, 11) is 3.77. The van der Waals surface area contributed by atoms with Gasteiger partial charge in [0.15, 0.2) is 0 Å². The molecule has 2 aromatic rings. The number of hydrogen-bond acceptors (Lipinski definition) is 5. The summed E-state index contributed by atoms with van der Waals surface area (Å²) in [6, 6.07) is 7.74. The second-order valence-corrected chi connectivity index (χ2v) is 7.90. The van der Waals surface area contributed by atoms with Crippen molar-refractivity contribution in [1.29, 1.82) is 0 Å². The van der Waals surface area contributed by atoms with Crippen LogP contribution in [0.4, 0.5) is 0 Å². The maximum absolute atomic E-state index is 12.9. The Morgan fingerprint density at radius 2 is 2.21 bits per heavy atom. The third-order valence-electron chi connectivity index (χ3n) is 5.77. The summed E-state index contributed by atoms with van der Waals surface area (Å²) in [5, 5.41) is 0. The minimum absolute atomic E-state index is 0.164. The van der Waals surface area contributed by atoms with Crippen molar-refractivity contribution in [3.8, 4) is 5.75 Å². The minimum atomic E-state index is 0.164. The molecule has 6 heteroatoms. The Morgan fingerprint density at radius 1 is 1.32 bits per heavy atom. The number of hydrogen-bond donors (Lipinski definition) is 0. The zero-order valence-electron chi connectivity index (χ0n) is 16.7. The molecule has 1 aromatic carbocycles. The molecular formula is C22H28N4O2. The summed E-state index contributed by atoms with van der Waals surface area (Å²) in [5.74, 6) is 2.09. The summed E-state index contributed by atoms with van der Waals surface area (Å²) in [5.41, 5.74) is 3.41. The van der Waals surface area contributed by atoms with Gasteiger partial charge in [-0.3, -0.25) is 4.79 Å². The molecule has 2 aliphatic rings. The average Bonchev–Trinajstić information content (AvgIpc) is 2.73. The molecule has 148 valence electrons. The van der Waals surface area contributed by atoms with Crippen molar-refractivity contribution in [2.45, 2.75) is 38.1 Å². The summed E-state index contributed by atoms with van der Waals surface area (Å²) in [6.45, 7) is 3.49. The number of ether oxygens (including phenoxy) is 1. The van der Waals surface area contributed by atoms with Crippen LogP contribution in [0.2, 0.25) is 0 Å². The van der Waals surface area contributed by atoms with Crippen molar-refractivity contribution >= 4 is 5.91 Å². The van der Waals surface area contributed by atoms with Gasteiger partial charge in [0.2, 0.25) is 5.91 Å². The molecular weight excluding hydrogens is 352 g/mol. The number of nitrogens with zero attached hydrogens (tertiary/aromatic N) is 4. The normalized spacial score (nSPS) is 19.9. The smallest absolute Gasteiger partial charge is 0.227 e. The predicted octanol–water partition coefficient (Wildman–Crippen LogP) is 2.42. The maximum Gasteiger partial charge on any atom is 0.227 e. The van der Waals surface area contributed by atoms with Crippen LogP contribution in [-0.2, 0) is 24.2 Å². The lowest BCUT2D eigenvalue weighted by atomic mass is 9.96. The first kappa shape index (κ1) is 18.9. The molecule has 4 rings (SSSR count). The number of benzene rings is 1. The molecule has 0 unspecified atom stereocenters. The van der Waals surface area contributed by atoms with E-state index in [0.717, 1.165) is 56.0 Å². The van der Waals surface area contributed by atoms with Gasteiger partial charge in [-0.25, -0.2) is 9.97 Å². The van der Waals surface area contributed by atoms with Gasteiger partial charge in [-0.15, -0.1) is 0 Å². The van der Waals surface area contributed by atoms with Crippen LogP contribution in [0, 0.1) is 0 Å². The molecule has 0 aliphatic carbocycles. The van der Waals surface area contributed by atoms with Crippen LogP contribution in [0.25, 0.3) is 0 Å². The molecule has 1 aromatic heterocycles. The van der Waals surface area contributed by atoms with E-state index in [4.69, 9.17) is 9.72 Å². The third-order valence-corrected chi connectivity index (χ3v) is 5.77. The molecule has 2 aliphatic heterocycles. The van der Waals surface area contributed by atoms with E-state index in [1.54, 1.807) is 7.11 Å². The summed E-state index contributed by atoms with van der Waals surface area (Å²) < 4.78 is 5.26. The van der Waals surface area contributed by atoms with Crippen LogP contribution in [0.3, 0.4) is 0 Å². The monoisotopic (exact) mass is 380 g/mol. The Morgan fingerprint density at radius 3 is 3.07 bits per heavy atom. The maximum atomic E-state index is 12.9. The molecule has 1 saturated heterocycles. The topological polar surface area (TPSA) is 58.6 Å². The van der Waals surface area contributed by atoms with Crippen LogP contribution < -0.4 is 4.74 Å². The molecule has 3 heterocycles. The highest BCUT2D eigenvalue weighted by molar-refractivity contribution is 5.79. The van der Waals surface area contributed by atoms with Gasteiger partial charge in [-0.1, -0.05) is 12.1 Å². The number of amides is 1. The van der Waals surface area contributed by atoms with E-state index < -0.39 is 0 Å². The lowest BCUT2D eigenvalue weighted by Gasteiger charge is -2.33. The largest absolute Gasteiger partial charge is 0.497 e. The second kappa shape index (κ2) is 8.27. The number of carbonyl (C=O) groups is 1. The molecule has 6 nitrogen and oxygen atoms in total. The SMILES string of the molecule is COc1cccc(CC(=O)N2CCC[C@@H](c3ncc4c(n3)CCN(C)C4)C2)c1. The Balaban J connectivity index is 1.43. The van der Waals surface area contributed by atoms with E-state index in [-0.39, 0.29) is 11.8 Å². The van der Waals surface area contributed by atoms with E-state index in [1.165, 1.54) is 11.3 Å². The number of piperidine rings is 1. The lowest BCUT2D eigenvalue weighted by molar-refractivity contribution is -0.131. The zero-order valence-corrected chi connectivity index (χ0v) is 16.7. The van der Waals surface area contributed by atoms with Crippen LogP contribution in [0.1, 0.15) is 41.4 Å². The van der Waals surface area contributed by atoms with Crippen LogP contribution in [0.5, 0.6) is 5.75 Å². The lowest BCUT2D eigenvalue weighted by Crippen LogP contribution is -2.40. The average molecular weight is 380 g/mol. The fraction of sp³-hybridized carbons (Fsp3) is 0.500. The van der Waals surface area contributed by atoms with Gasteiger partial charge < -0.3 is 14.5 Å². The van der Waals surface area contributed by atoms with Crippen molar-refractivity contribution in [3.63, 3.8) is 0 Å². The van der Waals surface area contributed by atoms with Gasteiger partial charge in [-0.05, 0) is 37.6 Å². The molecule has 28 heavy (non-hydrogen) atoms. The van der Waals surface area contributed by atoms with Crippen molar-refractivity contribution < 1.29 is 9.53 Å². The third kappa shape index (κ3) is 4.17.